The van der Waals surface area contributed by atoms with E-state index in [0.29, 0.717) is 18.2 Å². The predicted molar refractivity (Wildman–Crippen MR) is 112 cm³/mol. The van der Waals surface area contributed by atoms with E-state index >= 15 is 0 Å². The van der Waals surface area contributed by atoms with E-state index in [4.69, 9.17) is 12.2 Å². The summed E-state index contributed by atoms with van der Waals surface area (Å²) in [7, 11) is 0. The summed E-state index contributed by atoms with van der Waals surface area (Å²) in [5.74, 6) is 0.0270. The summed E-state index contributed by atoms with van der Waals surface area (Å²) < 4.78 is 0. The standard InChI is InChI=1S/C20H30N4O2S/c1-15-7-6-8-16(13-15)21-20(27)22-17-9-2-3-12-24(19(17)26)14-18(25)23-10-4-5-11-23/h6-8,13,17-18,25H,2-5,9-12,14H2,1H3,(H2,21,22,27)/t17-,18-/m0/s1. The van der Waals surface area contributed by atoms with Gasteiger partial charge in [-0.2, -0.15) is 0 Å². The summed E-state index contributed by atoms with van der Waals surface area (Å²) in [6, 6.07) is 7.62. The van der Waals surface area contributed by atoms with E-state index in [1.807, 2.05) is 31.2 Å². The van der Waals surface area contributed by atoms with Gasteiger partial charge in [0, 0.05) is 25.3 Å². The number of rotatable bonds is 5. The fourth-order valence-corrected chi connectivity index (χ4v) is 4.08. The molecule has 0 saturated carbocycles. The van der Waals surface area contributed by atoms with Crippen molar-refractivity contribution in [1.82, 2.24) is 15.1 Å². The zero-order chi connectivity index (χ0) is 19.2. The molecule has 1 aromatic rings. The van der Waals surface area contributed by atoms with Crippen molar-refractivity contribution in [2.24, 2.45) is 0 Å². The second kappa shape index (κ2) is 9.48. The minimum Gasteiger partial charge on any atom is -0.376 e. The summed E-state index contributed by atoms with van der Waals surface area (Å²) >= 11 is 5.42. The molecular formula is C20H30N4O2S. The molecule has 2 saturated heterocycles. The number of anilines is 1. The van der Waals surface area contributed by atoms with E-state index < -0.39 is 6.23 Å². The van der Waals surface area contributed by atoms with E-state index in [0.717, 1.165) is 56.4 Å². The third-order valence-corrected chi connectivity index (χ3v) is 5.53. The summed E-state index contributed by atoms with van der Waals surface area (Å²) in [5, 5.41) is 17.3. The van der Waals surface area contributed by atoms with Crippen LogP contribution >= 0.6 is 12.2 Å². The Labute approximate surface area is 166 Å². The van der Waals surface area contributed by atoms with Crippen LogP contribution in [0.3, 0.4) is 0 Å². The van der Waals surface area contributed by atoms with Crippen LogP contribution in [0.25, 0.3) is 0 Å². The van der Waals surface area contributed by atoms with E-state index in [2.05, 4.69) is 15.5 Å². The Morgan fingerprint density at radius 2 is 2.00 bits per heavy atom. The molecule has 2 aliphatic rings. The summed E-state index contributed by atoms with van der Waals surface area (Å²) in [6.07, 6.45) is 4.33. The molecule has 6 nitrogen and oxygen atoms in total. The molecule has 1 aromatic carbocycles. The molecule has 0 bridgehead atoms. The number of benzene rings is 1. The Hall–Kier alpha value is -1.70. The number of thiocarbonyl (C=S) groups is 1. The molecule has 1 amide bonds. The first-order valence-electron chi connectivity index (χ1n) is 9.88. The van der Waals surface area contributed by atoms with Crippen molar-refractivity contribution < 1.29 is 9.90 Å². The van der Waals surface area contributed by atoms with Gasteiger partial charge in [-0.3, -0.25) is 9.69 Å². The lowest BCUT2D eigenvalue weighted by atomic mass is 10.1. The largest absolute Gasteiger partial charge is 0.376 e. The van der Waals surface area contributed by atoms with Gasteiger partial charge in [-0.1, -0.05) is 12.1 Å². The molecule has 7 heteroatoms. The molecule has 3 N–H and O–H groups in total. The lowest BCUT2D eigenvalue weighted by Crippen LogP contribution is -2.52. The van der Waals surface area contributed by atoms with Gasteiger partial charge in [0.25, 0.3) is 0 Å². The van der Waals surface area contributed by atoms with Crippen molar-refractivity contribution in [3.8, 4) is 0 Å². The number of nitrogens with one attached hydrogen (secondary N) is 2. The molecule has 0 spiro atoms. The van der Waals surface area contributed by atoms with Crippen molar-refractivity contribution in [2.75, 3.05) is 31.5 Å². The van der Waals surface area contributed by atoms with Gasteiger partial charge in [0.1, 0.15) is 12.3 Å². The number of aliphatic hydroxyl groups excluding tert-OH is 1. The molecule has 27 heavy (non-hydrogen) atoms. The Morgan fingerprint density at radius 1 is 1.26 bits per heavy atom. The van der Waals surface area contributed by atoms with E-state index in [9.17, 15) is 9.90 Å². The Kier molecular flexibility index (Phi) is 7.04. The average molecular weight is 391 g/mol. The van der Waals surface area contributed by atoms with Crippen molar-refractivity contribution in [3.63, 3.8) is 0 Å². The normalized spacial score (nSPS) is 22.4. The Bertz CT molecular complexity index is 663. The van der Waals surface area contributed by atoms with Crippen LogP contribution in [-0.4, -0.2) is 64.4 Å². The summed E-state index contributed by atoms with van der Waals surface area (Å²) in [6.45, 7) is 4.92. The number of aryl methyl sites for hydroxylation is 1. The number of nitrogens with zero attached hydrogens (tertiary/aromatic N) is 2. The number of carbonyl (C=O) groups excluding carboxylic acids is 1. The fourth-order valence-electron chi connectivity index (χ4n) is 3.82. The number of aliphatic hydroxyl groups is 1. The fraction of sp³-hybridized carbons (Fsp3) is 0.600. The minimum atomic E-state index is -0.576. The molecule has 2 aliphatic heterocycles. The molecular weight excluding hydrogens is 360 g/mol. The van der Waals surface area contributed by atoms with Crippen molar-refractivity contribution in [3.05, 3.63) is 29.8 Å². The molecule has 2 heterocycles. The number of likely N-dealkylation sites (tertiary alicyclic amines) is 2. The highest BCUT2D eigenvalue weighted by Crippen LogP contribution is 2.16. The highest BCUT2D eigenvalue weighted by molar-refractivity contribution is 7.80. The molecule has 148 valence electrons. The number of hydrogen-bond acceptors (Lipinski definition) is 4. The molecule has 0 unspecified atom stereocenters. The molecule has 0 aromatic heterocycles. The number of hydrogen-bond donors (Lipinski definition) is 3. The Balaban J connectivity index is 1.57. The van der Waals surface area contributed by atoms with E-state index in [-0.39, 0.29) is 11.9 Å². The van der Waals surface area contributed by atoms with Crippen molar-refractivity contribution >= 4 is 28.9 Å². The maximum atomic E-state index is 13.0. The van der Waals surface area contributed by atoms with E-state index in [1.54, 1.807) is 4.90 Å². The monoisotopic (exact) mass is 390 g/mol. The van der Waals surface area contributed by atoms with Gasteiger partial charge in [0.2, 0.25) is 5.91 Å². The highest BCUT2D eigenvalue weighted by Gasteiger charge is 2.30. The molecule has 0 aliphatic carbocycles. The maximum Gasteiger partial charge on any atom is 0.245 e. The first-order chi connectivity index (χ1) is 13.0. The van der Waals surface area contributed by atoms with Gasteiger partial charge in [0.15, 0.2) is 5.11 Å². The van der Waals surface area contributed by atoms with Crippen molar-refractivity contribution in [1.29, 1.82) is 0 Å². The van der Waals surface area contributed by atoms with Crippen LogP contribution in [0.5, 0.6) is 0 Å². The van der Waals surface area contributed by atoms with Crippen LogP contribution in [0.1, 0.15) is 37.7 Å². The maximum absolute atomic E-state index is 13.0. The molecule has 2 fully saturated rings. The zero-order valence-corrected chi connectivity index (χ0v) is 16.8. The second-order valence-electron chi connectivity index (χ2n) is 7.52. The Morgan fingerprint density at radius 3 is 2.74 bits per heavy atom. The third-order valence-electron chi connectivity index (χ3n) is 5.31. The number of amides is 1. The van der Waals surface area contributed by atoms with Crippen LogP contribution in [0, 0.1) is 6.92 Å². The summed E-state index contributed by atoms with van der Waals surface area (Å²) in [4.78, 5) is 16.8. The zero-order valence-electron chi connectivity index (χ0n) is 16.0. The third kappa shape index (κ3) is 5.64. The number of carbonyl (C=O) groups is 1. The van der Waals surface area contributed by atoms with Crippen LogP contribution in [0.15, 0.2) is 24.3 Å². The first kappa shape index (κ1) is 20.0. The van der Waals surface area contributed by atoms with Gasteiger partial charge >= 0.3 is 0 Å². The highest BCUT2D eigenvalue weighted by atomic mass is 32.1. The lowest BCUT2D eigenvalue weighted by Gasteiger charge is -2.31. The van der Waals surface area contributed by atoms with E-state index in [1.165, 1.54) is 0 Å². The number of β-amino-alcohol motifs (C(OH)–C–C–N with tert-alkyl or cyclic N) is 1. The summed E-state index contributed by atoms with van der Waals surface area (Å²) in [5.41, 5.74) is 2.06. The van der Waals surface area contributed by atoms with Crippen LogP contribution in [-0.2, 0) is 4.79 Å². The van der Waals surface area contributed by atoms with Gasteiger partial charge in [-0.25, -0.2) is 0 Å². The first-order valence-corrected chi connectivity index (χ1v) is 10.3. The van der Waals surface area contributed by atoms with Gasteiger partial charge < -0.3 is 20.6 Å². The topological polar surface area (TPSA) is 67.8 Å². The lowest BCUT2D eigenvalue weighted by molar-refractivity contribution is -0.135. The van der Waals surface area contributed by atoms with Crippen LogP contribution in [0.4, 0.5) is 5.69 Å². The average Bonchev–Trinajstić information content (AvgIpc) is 3.12. The predicted octanol–water partition coefficient (Wildman–Crippen LogP) is 2.08. The quantitative estimate of drug-likeness (QED) is 0.669. The van der Waals surface area contributed by atoms with Crippen LogP contribution < -0.4 is 10.6 Å². The molecule has 2 atom stereocenters. The van der Waals surface area contributed by atoms with Gasteiger partial charge in [-0.05, 0) is 68.9 Å². The SMILES string of the molecule is Cc1cccc(NC(=S)N[C@H]2CCCCN(C[C@H](O)N3CCCC3)C2=O)c1. The van der Waals surface area contributed by atoms with Crippen molar-refractivity contribution in [2.45, 2.75) is 51.3 Å². The van der Waals surface area contributed by atoms with Gasteiger partial charge in [0.05, 0.1) is 6.54 Å². The van der Waals surface area contributed by atoms with Gasteiger partial charge in [-0.15, -0.1) is 0 Å². The molecule has 0 radical (unpaired) electrons. The molecule has 3 rings (SSSR count). The smallest absolute Gasteiger partial charge is 0.245 e. The minimum absolute atomic E-state index is 0.0270. The van der Waals surface area contributed by atoms with Crippen LogP contribution in [0.2, 0.25) is 0 Å². The second-order valence-corrected chi connectivity index (χ2v) is 7.93.